The molecule has 27 heavy (non-hydrogen) atoms. The molecule has 0 aliphatic rings. The summed E-state index contributed by atoms with van der Waals surface area (Å²) < 4.78 is 5.26. The molecule has 0 spiro atoms. The van der Waals surface area contributed by atoms with E-state index in [1.165, 1.54) is 5.56 Å². The molecule has 2 aromatic carbocycles. The van der Waals surface area contributed by atoms with Crippen LogP contribution in [0.1, 0.15) is 61.5 Å². The molecule has 2 aromatic rings. The molecule has 0 saturated heterocycles. The van der Waals surface area contributed by atoms with Gasteiger partial charge < -0.3 is 10.1 Å². The number of ether oxygens (including phenoxy) is 1. The number of benzene rings is 2. The maximum absolute atomic E-state index is 11.2. The predicted octanol–water partition coefficient (Wildman–Crippen LogP) is 6.31. The third-order valence-corrected chi connectivity index (χ3v) is 3.03. The van der Waals surface area contributed by atoms with Crippen LogP contribution >= 0.6 is 0 Å². The Kier molecular flexibility index (Phi) is 24.2. The summed E-state index contributed by atoms with van der Waals surface area (Å²) >= 11 is 0. The van der Waals surface area contributed by atoms with Crippen molar-refractivity contribution >= 4 is 5.91 Å². The maximum Gasteiger partial charge on any atom is 0.258 e. The molecule has 0 fully saturated rings. The molecule has 0 bridgehead atoms. The van der Waals surface area contributed by atoms with Crippen LogP contribution in [-0.4, -0.2) is 18.6 Å². The Morgan fingerprint density at radius 1 is 0.852 bits per heavy atom. The van der Waals surface area contributed by atoms with Gasteiger partial charge in [0.2, 0.25) is 0 Å². The van der Waals surface area contributed by atoms with E-state index in [9.17, 15) is 4.79 Å². The van der Waals surface area contributed by atoms with Crippen LogP contribution in [-0.2, 0) is 37.5 Å². The van der Waals surface area contributed by atoms with Crippen LogP contribution in [0, 0.1) is 0 Å². The predicted molar refractivity (Wildman–Crippen MR) is 116 cm³/mol. The number of para-hydroxylation sites is 1. The molecule has 2 rings (SSSR count). The van der Waals surface area contributed by atoms with E-state index in [4.69, 9.17) is 4.74 Å². The Hall–Kier alpha value is -1.19. The summed E-state index contributed by atoms with van der Waals surface area (Å²) in [6.07, 6.45) is 0. The van der Waals surface area contributed by atoms with Gasteiger partial charge in [0.05, 0.1) is 0 Å². The van der Waals surface area contributed by atoms with Crippen molar-refractivity contribution in [3.8, 4) is 5.75 Å². The molecule has 4 heteroatoms. The molecule has 0 unspecified atom stereocenters. The minimum absolute atomic E-state index is 0. The molecule has 0 aliphatic heterocycles. The van der Waals surface area contributed by atoms with Gasteiger partial charge in [-0.25, -0.2) is 0 Å². The summed E-state index contributed by atoms with van der Waals surface area (Å²) in [5, 5.41) is 2.75. The minimum atomic E-state index is -0.0937. The van der Waals surface area contributed by atoms with Crippen molar-refractivity contribution in [2.75, 3.05) is 6.61 Å². The second-order valence-corrected chi connectivity index (χ2v) is 5.89. The van der Waals surface area contributed by atoms with Crippen molar-refractivity contribution in [3.63, 3.8) is 0 Å². The molecule has 151 valence electrons. The van der Waals surface area contributed by atoms with Crippen LogP contribution in [0.25, 0.3) is 0 Å². The van der Waals surface area contributed by atoms with Crippen molar-refractivity contribution in [3.05, 3.63) is 66.2 Å². The smallest absolute Gasteiger partial charge is 0.258 e. The van der Waals surface area contributed by atoms with Crippen molar-refractivity contribution in [2.24, 2.45) is 0 Å². The second-order valence-electron chi connectivity index (χ2n) is 5.89. The molecule has 0 saturated carbocycles. The molecule has 0 aliphatic carbocycles. The van der Waals surface area contributed by atoms with E-state index in [2.05, 4.69) is 43.4 Å². The van der Waals surface area contributed by atoms with E-state index in [0.29, 0.717) is 11.7 Å². The zero-order valence-corrected chi connectivity index (χ0v) is 17.9. The molecule has 1 N–H and O–H groups in total. The second kappa shape index (κ2) is 19.6. The number of nitrogens with one attached hydrogen (secondary N) is 1. The number of hydrogen-bond acceptors (Lipinski definition) is 2. The number of carbonyl (C=O) groups excluding carboxylic acids is 1. The van der Waals surface area contributed by atoms with Crippen LogP contribution in [0.2, 0.25) is 0 Å². The van der Waals surface area contributed by atoms with Gasteiger partial charge >= 0.3 is 0 Å². The fourth-order valence-electron chi connectivity index (χ4n) is 1.87. The topological polar surface area (TPSA) is 38.3 Å². The molecule has 1 radical (unpaired) electrons. The summed E-state index contributed by atoms with van der Waals surface area (Å²) in [7, 11) is 0. The quantitative estimate of drug-likeness (QED) is 0.580. The van der Waals surface area contributed by atoms with Gasteiger partial charge in [-0.05, 0) is 37.5 Å². The molecule has 0 heterocycles. The van der Waals surface area contributed by atoms with Gasteiger partial charge in [-0.3, -0.25) is 4.79 Å². The van der Waals surface area contributed by atoms with Gasteiger partial charge in [-0.1, -0.05) is 84.7 Å². The molecular weight excluding hydrogens is 411 g/mol. The van der Waals surface area contributed by atoms with Crippen molar-refractivity contribution in [1.29, 1.82) is 0 Å². The van der Waals surface area contributed by atoms with Crippen LogP contribution in [0.4, 0.5) is 0 Å². The Labute approximate surface area is 193 Å². The van der Waals surface area contributed by atoms with Crippen molar-refractivity contribution in [2.45, 2.75) is 61.9 Å². The summed E-state index contributed by atoms with van der Waals surface area (Å²) in [5.41, 5.74) is 1.41. The fourth-order valence-corrected chi connectivity index (χ4v) is 1.87. The van der Waals surface area contributed by atoms with E-state index in [0.717, 1.165) is 0 Å². The molecule has 1 amide bonds. The summed E-state index contributed by atoms with van der Waals surface area (Å²) in [6.45, 7) is 8.31. The number of rotatable bonds is 5. The largest absolute Gasteiger partial charge is 0.484 e. The van der Waals surface area contributed by atoms with E-state index < -0.39 is 0 Å². The third kappa shape index (κ3) is 16.7. The Morgan fingerprint density at radius 2 is 1.30 bits per heavy atom. The van der Waals surface area contributed by atoms with Gasteiger partial charge in [0.15, 0.2) is 6.61 Å². The van der Waals surface area contributed by atoms with E-state index in [1.807, 2.05) is 50.2 Å². The van der Waals surface area contributed by atoms with E-state index in [-0.39, 0.29) is 73.5 Å². The first-order valence-corrected chi connectivity index (χ1v) is 8.01. The fraction of sp³-hybridized carbons (Fsp3) is 0.435. The summed E-state index contributed by atoms with van der Waals surface area (Å²) in [4.78, 5) is 11.2. The van der Waals surface area contributed by atoms with Crippen LogP contribution < -0.4 is 10.1 Å². The molecule has 3 nitrogen and oxygen atoms in total. The van der Waals surface area contributed by atoms with Crippen molar-refractivity contribution < 1.29 is 42.2 Å². The Balaban J connectivity index is -0.000000181. The van der Waals surface area contributed by atoms with Gasteiger partial charge in [-0.15, -0.1) is 0 Å². The monoisotopic (exact) mass is 450 g/mol. The maximum atomic E-state index is 11.2. The van der Waals surface area contributed by atoms with E-state index >= 15 is 0 Å². The van der Waals surface area contributed by atoms with Gasteiger partial charge in [0, 0.05) is 38.8 Å². The average Bonchev–Trinajstić information content (AvgIpc) is 2.55. The normalized spacial score (nSPS) is 8.52. The SMILES string of the molecule is C.C.C.CC(C)NC(=O)COc1ccccc1.CC(C)c1ccccc1.[Y]. The zero-order valence-electron chi connectivity index (χ0n) is 15.0. The average molecular weight is 450 g/mol. The zero-order chi connectivity index (χ0) is 17.1. The van der Waals surface area contributed by atoms with Gasteiger partial charge in [-0.2, -0.15) is 0 Å². The number of carbonyl (C=O) groups is 1. The molecular formula is C23H39NO2Y. The minimum Gasteiger partial charge on any atom is -0.484 e. The molecule has 0 aromatic heterocycles. The standard InChI is InChI=1S/C11H15NO2.C9H12.3CH4.Y/c1-9(2)12-11(13)8-14-10-6-4-3-5-7-10;1-8(2)9-6-4-3-5-7-9;;;;/h3-7,9H,8H2,1-2H3,(H,12,13);3-8H,1-2H3;3*1H4;. The van der Waals surface area contributed by atoms with Crippen LogP contribution in [0.3, 0.4) is 0 Å². The number of hydrogen-bond donors (Lipinski definition) is 1. The first-order chi connectivity index (χ1) is 11.0. The Morgan fingerprint density at radius 3 is 1.67 bits per heavy atom. The van der Waals surface area contributed by atoms with E-state index in [1.54, 1.807) is 0 Å². The van der Waals surface area contributed by atoms with Gasteiger partial charge in [0.25, 0.3) is 5.91 Å². The first kappa shape index (κ1) is 33.4. The molecule has 0 atom stereocenters. The first-order valence-electron chi connectivity index (χ1n) is 8.01. The number of amides is 1. The summed E-state index contributed by atoms with van der Waals surface area (Å²) in [5.74, 6) is 1.28. The van der Waals surface area contributed by atoms with Crippen molar-refractivity contribution in [1.82, 2.24) is 5.32 Å². The van der Waals surface area contributed by atoms with Crippen LogP contribution in [0.15, 0.2) is 60.7 Å². The third-order valence-electron chi connectivity index (χ3n) is 3.03. The Bertz CT molecular complexity index is 557. The van der Waals surface area contributed by atoms with Crippen LogP contribution in [0.5, 0.6) is 5.75 Å². The summed E-state index contributed by atoms with van der Waals surface area (Å²) in [6, 6.07) is 20.0. The van der Waals surface area contributed by atoms with Gasteiger partial charge in [0.1, 0.15) is 5.75 Å².